The standard InChI is InChI=1S/C21H17N7OS/c22-17-14-5-1-4-13(18(14)27-28-19(17)20(23)29)11-6-7-15-16(9-11)26-21(25-15)24-10-12-3-2-8-30-12/h1-9H,10H2,(H2,22,27)(H2,23,29)(H2,24,25,26). The van der Waals surface area contributed by atoms with Crippen molar-refractivity contribution in [1.29, 1.82) is 0 Å². The van der Waals surface area contributed by atoms with Crippen LogP contribution in [0, 0.1) is 0 Å². The average molecular weight is 415 g/mol. The molecule has 3 aromatic heterocycles. The molecule has 0 fully saturated rings. The number of carbonyl (C=O) groups excluding carboxylic acids is 1. The molecular weight excluding hydrogens is 398 g/mol. The van der Waals surface area contributed by atoms with Gasteiger partial charge in [-0.05, 0) is 29.1 Å². The Labute approximate surface area is 175 Å². The topological polar surface area (TPSA) is 136 Å². The lowest BCUT2D eigenvalue weighted by atomic mass is 10.0. The number of thiophene rings is 1. The Bertz CT molecular complexity index is 1390. The lowest BCUT2D eigenvalue weighted by Gasteiger charge is -2.09. The fraction of sp³-hybridized carbons (Fsp3) is 0.0476. The van der Waals surface area contributed by atoms with Gasteiger partial charge in [-0.15, -0.1) is 21.5 Å². The summed E-state index contributed by atoms with van der Waals surface area (Å²) < 4.78 is 0. The van der Waals surface area contributed by atoms with Crippen LogP contribution in [0.5, 0.6) is 0 Å². The Morgan fingerprint density at radius 2 is 2.03 bits per heavy atom. The molecule has 0 unspecified atom stereocenters. The Morgan fingerprint density at radius 1 is 1.13 bits per heavy atom. The number of nitrogens with two attached hydrogens (primary N) is 2. The van der Waals surface area contributed by atoms with Gasteiger partial charge in [0.15, 0.2) is 5.69 Å². The van der Waals surface area contributed by atoms with Gasteiger partial charge in [-0.3, -0.25) is 4.79 Å². The van der Waals surface area contributed by atoms with Crippen LogP contribution >= 0.6 is 11.3 Å². The Morgan fingerprint density at radius 3 is 2.83 bits per heavy atom. The molecule has 5 rings (SSSR count). The molecule has 0 spiro atoms. The number of fused-ring (bicyclic) bond motifs is 2. The first kappa shape index (κ1) is 18.1. The highest BCUT2D eigenvalue weighted by atomic mass is 32.1. The summed E-state index contributed by atoms with van der Waals surface area (Å²) in [5, 5.41) is 14.1. The molecule has 0 aliphatic rings. The van der Waals surface area contributed by atoms with Crippen molar-refractivity contribution in [3.63, 3.8) is 0 Å². The number of nitrogens with one attached hydrogen (secondary N) is 2. The zero-order valence-corrected chi connectivity index (χ0v) is 16.5. The van der Waals surface area contributed by atoms with E-state index >= 15 is 0 Å². The van der Waals surface area contributed by atoms with Gasteiger partial charge < -0.3 is 21.8 Å². The highest BCUT2D eigenvalue weighted by Gasteiger charge is 2.15. The average Bonchev–Trinajstić information content (AvgIpc) is 3.40. The molecule has 8 nitrogen and oxygen atoms in total. The van der Waals surface area contributed by atoms with E-state index in [1.165, 1.54) is 4.88 Å². The molecule has 0 aliphatic carbocycles. The number of nitrogens with zero attached hydrogens (tertiary/aromatic N) is 3. The summed E-state index contributed by atoms with van der Waals surface area (Å²) in [4.78, 5) is 20.7. The number of imidazole rings is 1. The minimum absolute atomic E-state index is 0.0230. The normalized spacial score (nSPS) is 11.2. The molecule has 0 aliphatic heterocycles. The van der Waals surface area contributed by atoms with Crippen LogP contribution in [0.3, 0.4) is 0 Å². The smallest absolute Gasteiger partial charge is 0.271 e. The third kappa shape index (κ3) is 3.11. The fourth-order valence-electron chi connectivity index (χ4n) is 3.41. The van der Waals surface area contributed by atoms with Crippen LogP contribution in [0.25, 0.3) is 33.1 Å². The van der Waals surface area contributed by atoms with E-state index in [0.29, 0.717) is 23.4 Å². The molecule has 0 bridgehead atoms. The maximum atomic E-state index is 11.5. The number of H-pyrrole nitrogens is 1. The molecule has 0 saturated carbocycles. The second-order valence-corrected chi connectivity index (χ2v) is 7.81. The van der Waals surface area contributed by atoms with Crippen molar-refractivity contribution >= 4 is 50.8 Å². The molecule has 1 amide bonds. The molecular formula is C21H17N7OS. The van der Waals surface area contributed by atoms with Gasteiger partial charge in [0.25, 0.3) is 5.91 Å². The van der Waals surface area contributed by atoms with Crippen molar-refractivity contribution in [2.24, 2.45) is 5.73 Å². The van der Waals surface area contributed by atoms with Crippen LogP contribution in [-0.4, -0.2) is 26.1 Å². The number of hydrogen-bond donors (Lipinski definition) is 4. The number of aromatic nitrogens is 4. The SMILES string of the molecule is NC(=O)c1nnc2c(-c3ccc4nc(NCc5cccs5)[nH]c4c3)cccc2c1N. The summed E-state index contributed by atoms with van der Waals surface area (Å²) in [6.45, 7) is 0.713. The van der Waals surface area contributed by atoms with Crippen molar-refractivity contribution in [3.8, 4) is 11.1 Å². The number of rotatable bonds is 5. The predicted octanol–water partition coefficient (Wildman–Crippen LogP) is 3.53. The van der Waals surface area contributed by atoms with Gasteiger partial charge in [0.05, 0.1) is 23.3 Å². The second kappa shape index (κ2) is 7.12. The summed E-state index contributed by atoms with van der Waals surface area (Å²) in [7, 11) is 0. The van der Waals surface area contributed by atoms with Crippen molar-refractivity contribution in [2.45, 2.75) is 6.54 Å². The third-order valence-electron chi connectivity index (χ3n) is 4.87. The number of anilines is 2. The van der Waals surface area contributed by atoms with Crippen LogP contribution in [0.4, 0.5) is 11.6 Å². The lowest BCUT2D eigenvalue weighted by molar-refractivity contribution is 0.0996. The molecule has 0 radical (unpaired) electrons. The summed E-state index contributed by atoms with van der Waals surface area (Å²) in [6.07, 6.45) is 0. The number of benzene rings is 2. The van der Waals surface area contributed by atoms with E-state index in [9.17, 15) is 4.79 Å². The van der Waals surface area contributed by atoms with Gasteiger partial charge in [-0.25, -0.2) is 4.98 Å². The molecule has 2 aromatic carbocycles. The zero-order valence-electron chi connectivity index (χ0n) is 15.7. The highest BCUT2D eigenvalue weighted by molar-refractivity contribution is 7.09. The molecule has 0 saturated heterocycles. The summed E-state index contributed by atoms with van der Waals surface area (Å²) in [6, 6.07) is 15.6. The molecule has 0 atom stereocenters. The maximum Gasteiger partial charge on any atom is 0.271 e. The molecule has 148 valence electrons. The van der Waals surface area contributed by atoms with E-state index in [2.05, 4.69) is 31.5 Å². The second-order valence-electron chi connectivity index (χ2n) is 6.78. The monoisotopic (exact) mass is 415 g/mol. The zero-order chi connectivity index (χ0) is 20.7. The van der Waals surface area contributed by atoms with Gasteiger partial charge in [0, 0.05) is 15.8 Å². The van der Waals surface area contributed by atoms with Gasteiger partial charge in [-0.2, -0.15) is 0 Å². The van der Waals surface area contributed by atoms with E-state index in [1.807, 2.05) is 41.8 Å². The number of nitrogen functional groups attached to an aromatic ring is 1. The highest BCUT2D eigenvalue weighted by Crippen LogP contribution is 2.32. The molecule has 9 heteroatoms. The van der Waals surface area contributed by atoms with Gasteiger partial charge >= 0.3 is 0 Å². The quantitative estimate of drug-likeness (QED) is 0.347. The van der Waals surface area contributed by atoms with Crippen molar-refractivity contribution < 1.29 is 4.79 Å². The minimum Gasteiger partial charge on any atom is -0.396 e. The molecule has 3 heterocycles. The lowest BCUT2D eigenvalue weighted by Crippen LogP contribution is -2.16. The molecule has 30 heavy (non-hydrogen) atoms. The van der Waals surface area contributed by atoms with Gasteiger partial charge in [0.2, 0.25) is 5.95 Å². The van der Waals surface area contributed by atoms with Crippen molar-refractivity contribution in [2.75, 3.05) is 11.1 Å². The maximum absolute atomic E-state index is 11.5. The van der Waals surface area contributed by atoms with Crippen LogP contribution < -0.4 is 16.8 Å². The Kier molecular flexibility index (Phi) is 4.29. The fourth-order valence-corrected chi connectivity index (χ4v) is 4.05. The largest absolute Gasteiger partial charge is 0.396 e. The first-order valence-corrected chi connectivity index (χ1v) is 10.1. The van der Waals surface area contributed by atoms with Crippen LogP contribution in [0.2, 0.25) is 0 Å². The number of aromatic amines is 1. The number of hydrogen-bond acceptors (Lipinski definition) is 7. The van der Waals surface area contributed by atoms with Crippen LogP contribution in [-0.2, 0) is 6.54 Å². The van der Waals surface area contributed by atoms with Crippen LogP contribution in [0.1, 0.15) is 15.4 Å². The van der Waals surface area contributed by atoms with E-state index in [0.717, 1.165) is 22.2 Å². The van der Waals surface area contributed by atoms with Gasteiger partial charge in [-0.1, -0.05) is 30.3 Å². The van der Waals surface area contributed by atoms with Crippen molar-refractivity contribution in [1.82, 2.24) is 20.2 Å². The summed E-state index contributed by atoms with van der Waals surface area (Å²) in [5.41, 5.74) is 15.8. The number of amides is 1. The summed E-state index contributed by atoms with van der Waals surface area (Å²) in [5.74, 6) is 0.0115. The molecule has 5 aromatic rings. The van der Waals surface area contributed by atoms with Crippen molar-refractivity contribution in [3.05, 3.63) is 64.5 Å². The van der Waals surface area contributed by atoms with E-state index in [4.69, 9.17) is 11.5 Å². The summed E-state index contributed by atoms with van der Waals surface area (Å²) >= 11 is 1.70. The third-order valence-corrected chi connectivity index (χ3v) is 5.74. The number of carbonyl (C=O) groups is 1. The van der Waals surface area contributed by atoms with E-state index in [-0.39, 0.29) is 11.4 Å². The first-order chi connectivity index (χ1) is 14.6. The van der Waals surface area contributed by atoms with Gasteiger partial charge in [0.1, 0.15) is 5.52 Å². The predicted molar refractivity (Wildman–Crippen MR) is 119 cm³/mol. The van der Waals surface area contributed by atoms with Crippen LogP contribution in [0.15, 0.2) is 53.9 Å². The van der Waals surface area contributed by atoms with E-state index < -0.39 is 5.91 Å². The Hall–Kier alpha value is -3.98. The first-order valence-electron chi connectivity index (χ1n) is 9.21. The minimum atomic E-state index is -0.700. The van der Waals surface area contributed by atoms with E-state index in [1.54, 1.807) is 17.4 Å². The Balaban J connectivity index is 1.53. The number of primary amides is 1. The molecule has 6 N–H and O–H groups in total.